The summed E-state index contributed by atoms with van der Waals surface area (Å²) in [5, 5.41) is 21.7. The van der Waals surface area contributed by atoms with Crippen LogP contribution in [0.3, 0.4) is 0 Å². The fourth-order valence-electron chi connectivity index (χ4n) is 5.89. The molecule has 2 atom stereocenters. The van der Waals surface area contributed by atoms with Crippen LogP contribution >= 0.6 is 0 Å². The Balaban J connectivity index is 1.39. The maximum absolute atomic E-state index is 14.1. The van der Waals surface area contributed by atoms with E-state index >= 15 is 0 Å². The van der Waals surface area contributed by atoms with Crippen LogP contribution < -0.4 is 19.9 Å². The van der Waals surface area contributed by atoms with E-state index in [1.165, 1.54) is 23.7 Å². The third-order valence-electron chi connectivity index (χ3n) is 8.45. The predicted octanol–water partition coefficient (Wildman–Crippen LogP) is 4.19. The van der Waals surface area contributed by atoms with Gasteiger partial charge in [0.2, 0.25) is 5.91 Å². The average Bonchev–Trinajstić information content (AvgIpc) is 3.30. The average molecular weight is 638 g/mol. The standard InChI is InChI=1S/C37H39N3O7/c1-26(10-7-16-34(42)38(20-21-41)24-27-11-5-4-6-12-27)37(45)31-23-30(46-2)17-18-32(31)40(36(37)44)25-28-13-8-14-29(22-28)39-19-9-15-33(47-3)35(39)43/h4-15,17-19,22-23,26,41,45H,16,20-21,24-25H2,1-3H3/b10-7+/t26-,37+/m0/s1. The van der Waals surface area contributed by atoms with Crippen molar-refractivity contribution in [1.29, 1.82) is 0 Å². The van der Waals surface area contributed by atoms with Crippen molar-refractivity contribution in [2.24, 2.45) is 5.92 Å². The molecule has 4 aromatic rings. The smallest absolute Gasteiger partial charge is 0.297 e. The second-order valence-corrected chi connectivity index (χ2v) is 11.4. The second-order valence-electron chi connectivity index (χ2n) is 11.4. The molecule has 0 unspecified atom stereocenters. The van der Waals surface area contributed by atoms with E-state index in [2.05, 4.69) is 0 Å². The largest absolute Gasteiger partial charge is 0.497 e. The summed E-state index contributed by atoms with van der Waals surface area (Å²) in [6.45, 7) is 2.26. The number of carbonyl (C=O) groups excluding carboxylic acids is 2. The third kappa shape index (κ3) is 6.84. The highest BCUT2D eigenvalue weighted by Gasteiger charge is 2.52. The quantitative estimate of drug-likeness (QED) is 0.211. The molecule has 1 aliphatic heterocycles. The fourth-order valence-corrected chi connectivity index (χ4v) is 5.89. The first kappa shape index (κ1) is 33.2. The highest BCUT2D eigenvalue weighted by atomic mass is 16.5. The van der Waals surface area contributed by atoms with E-state index in [4.69, 9.17) is 9.47 Å². The van der Waals surface area contributed by atoms with E-state index in [0.717, 1.165) is 11.1 Å². The Morgan fingerprint density at radius 2 is 1.72 bits per heavy atom. The first-order valence-corrected chi connectivity index (χ1v) is 15.4. The van der Waals surface area contributed by atoms with Gasteiger partial charge in [-0.3, -0.25) is 19.0 Å². The number of hydrogen-bond acceptors (Lipinski definition) is 7. The maximum Gasteiger partial charge on any atom is 0.297 e. The van der Waals surface area contributed by atoms with Gasteiger partial charge >= 0.3 is 0 Å². The summed E-state index contributed by atoms with van der Waals surface area (Å²) in [7, 11) is 2.96. The summed E-state index contributed by atoms with van der Waals surface area (Å²) in [6, 6.07) is 25.3. The molecule has 2 heterocycles. The van der Waals surface area contributed by atoms with Gasteiger partial charge in [0, 0.05) is 42.9 Å². The zero-order chi connectivity index (χ0) is 33.6. The summed E-state index contributed by atoms with van der Waals surface area (Å²) in [6.07, 6.45) is 5.02. The number of fused-ring (bicyclic) bond motifs is 1. The van der Waals surface area contributed by atoms with Crippen LogP contribution in [0, 0.1) is 5.92 Å². The van der Waals surface area contributed by atoms with E-state index in [0.29, 0.717) is 29.2 Å². The van der Waals surface area contributed by atoms with Gasteiger partial charge in [-0.25, -0.2) is 0 Å². The third-order valence-corrected chi connectivity index (χ3v) is 8.45. The maximum atomic E-state index is 14.1. The highest BCUT2D eigenvalue weighted by molar-refractivity contribution is 6.07. The summed E-state index contributed by atoms with van der Waals surface area (Å²) in [4.78, 5) is 43.2. The van der Waals surface area contributed by atoms with Crippen molar-refractivity contribution in [1.82, 2.24) is 9.47 Å². The molecule has 47 heavy (non-hydrogen) atoms. The molecule has 244 valence electrons. The minimum absolute atomic E-state index is 0.0343. The molecule has 0 radical (unpaired) electrons. The molecule has 0 aliphatic carbocycles. The summed E-state index contributed by atoms with van der Waals surface area (Å²) in [5.74, 6) is -0.709. The summed E-state index contributed by atoms with van der Waals surface area (Å²) < 4.78 is 12.1. The zero-order valence-electron chi connectivity index (χ0n) is 26.7. The van der Waals surface area contributed by atoms with E-state index in [1.807, 2.05) is 42.5 Å². The van der Waals surface area contributed by atoms with Crippen LogP contribution in [0.4, 0.5) is 5.69 Å². The van der Waals surface area contributed by atoms with E-state index in [1.54, 1.807) is 72.6 Å². The van der Waals surface area contributed by atoms with Crippen LogP contribution in [0.25, 0.3) is 5.69 Å². The minimum atomic E-state index is -1.93. The lowest BCUT2D eigenvalue weighted by molar-refractivity contribution is -0.139. The molecule has 10 heteroatoms. The molecular formula is C37H39N3O7. The van der Waals surface area contributed by atoms with Gasteiger partial charge in [-0.05, 0) is 53.6 Å². The molecule has 5 rings (SSSR count). The van der Waals surface area contributed by atoms with Crippen molar-refractivity contribution < 1.29 is 29.3 Å². The Morgan fingerprint density at radius 1 is 0.957 bits per heavy atom. The molecule has 1 aliphatic rings. The zero-order valence-corrected chi connectivity index (χ0v) is 26.7. The number of nitrogens with zero attached hydrogens (tertiary/aromatic N) is 3. The van der Waals surface area contributed by atoms with E-state index < -0.39 is 17.4 Å². The van der Waals surface area contributed by atoms with Crippen molar-refractivity contribution in [2.75, 3.05) is 32.3 Å². The van der Waals surface area contributed by atoms with Crippen molar-refractivity contribution in [3.63, 3.8) is 0 Å². The van der Waals surface area contributed by atoms with Crippen molar-refractivity contribution in [2.45, 2.75) is 32.0 Å². The van der Waals surface area contributed by atoms with Gasteiger partial charge in [-0.15, -0.1) is 0 Å². The predicted molar refractivity (Wildman–Crippen MR) is 179 cm³/mol. The Morgan fingerprint density at radius 3 is 2.45 bits per heavy atom. The molecule has 1 aromatic heterocycles. The summed E-state index contributed by atoms with van der Waals surface area (Å²) in [5.41, 5.74) is 0.991. The van der Waals surface area contributed by atoms with Crippen LogP contribution in [0.2, 0.25) is 0 Å². The number of hydrogen-bond donors (Lipinski definition) is 2. The molecule has 0 saturated carbocycles. The first-order chi connectivity index (χ1) is 22.7. The van der Waals surface area contributed by atoms with Gasteiger partial charge in [-0.1, -0.05) is 61.5 Å². The number of anilines is 1. The van der Waals surface area contributed by atoms with Crippen molar-refractivity contribution in [3.05, 3.63) is 130 Å². The normalized spacial score (nSPS) is 16.3. The molecular weight excluding hydrogens is 598 g/mol. The SMILES string of the molecule is COc1ccc2c(c1)[C@](O)([C@@H](C)/C=C/CC(=O)N(CCO)Cc1ccccc1)C(=O)N2Cc1cccc(-n2cccc(OC)c2=O)c1. The van der Waals surface area contributed by atoms with Crippen LogP contribution in [0.1, 0.15) is 30.0 Å². The lowest BCUT2D eigenvalue weighted by Gasteiger charge is -2.28. The fraction of sp³-hybridized carbons (Fsp3) is 0.270. The summed E-state index contributed by atoms with van der Waals surface area (Å²) >= 11 is 0. The number of aliphatic hydroxyl groups is 2. The van der Waals surface area contributed by atoms with Crippen LogP contribution in [-0.2, 0) is 28.3 Å². The van der Waals surface area contributed by atoms with Gasteiger partial charge < -0.3 is 29.5 Å². The second kappa shape index (κ2) is 14.5. The Labute approximate surface area is 273 Å². The monoisotopic (exact) mass is 637 g/mol. The first-order valence-electron chi connectivity index (χ1n) is 15.4. The number of benzene rings is 3. The van der Waals surface area contributed by atoms with Crippen LogP contribution in [-0.4, -0.2) is 58.9 Å². The van der Waals surface area contributed by atoms with Gasteiger partial charge in [-0.2, -0.15) is 0 Å². The lowest BCUT2D eigenvalue weighted by atomic mass is 9.83. The number of rotatable bonds is 13. The molecule has 0 fully saturated rings. The number of aromatic nitrogens is 1. The van der Waals surface area contributed by atoms with E-state index in [-0.39, 0.29) is 43.3 Å². The Hall–Kier alpha value is -5.19. The topological polar surface area (TPSA) is 122 Å². The number of aliphatic hydroxyl groups excluding tert-OH is 1. The lowest BCUT2D eigenvalue weighted by Crippen LogP contribution is -2.44. The Kier molecular flexibility index (Phi) is 10.2. The molecule has 0 spiro atoms. The number of methoxy groups -OCH3 is 2. The molecule has 0 bridgehead atoms. The Bertz CT molecular complexity index is 1820. The van der Waals surface area contributed by atoms with Gasteiger partial charge in [0.25, 0.3) is 11.5 Å². The number of ether oxygens (including phenoxy) is 2. The number of carbonyl (C=O) groups is 2. The van der Waals surface area contributed by atoms with Crippen LogP contribution in [0.15, 0.2) is 108 Å². The van der Waals surface area contributed by atoms with Crippen LogP contribution in [0.5, 0.6) is 11.5 Å². The molecule has 0 saturated heterocycles. The van der Waals surface area contributed by atoms with E-state index in [9.17, 15) is 24.6 Å². The molecule has 2 N–H and O–H groups in total. The van der Waals surface area contributed by atoms with Crippen molar-refractivity contribution in [3.8, 4) is 17.2 Å². The van der Waals surface area contributed by atoms with Gasteiger partial charge in [0.15, 0.2) is 11.4 Å². The minimum Gasteiger partial charge on any atom is -0.497 e. The number of pyridine rings is 1. The van der Waals surface area contributed by atoms with Gasteiger partial charge in [0.1, 0.15) is 5.75 Å². The van der Waals surface area contributed by atoms with Gasteiger partial charge in [0.05, 0.1) is 33.1 Å². The van der Waals surface area contributed by atoms with Crippen molar-refractivity contribution >= 4 is 17.5 Å². The molecule has 2 amide bonds. The number of amides is 2. The highest BCUT2D eigenvalue weighted by Crippen LogP contribution is 2.47. The molecule has 10 nitrogen and oxygen atoms in total. The molecule has 3 aromatic carbocycles.